The summed E-state index contributed by atoms with van der Waals surface area (Å²) in [5, 5.41) is 14.2. The quantitative estimate of drug-likeness (QED) is 0.738. The van der Waals surface area contributed by atoms with Crippen molar-refractivity contribution in [3.63, 3.8) is 0 Å². The molecular weight excluding hydrogens is 240 g/mol. The highest BCUT2D eigenvalue weighted by atomic mass is 16.3. The Morgan fingerprint density at radius 2 is 1.89 bits per heavy atom. The molecule has 0 fully saturated rings. The summed E-state index contributed by atoms with van der Waals surface area (Å²) in [6.45, 7) is 6.49. The number of carbonyl (C=O) groups excluding carboxylic acids is 1. The maximum Gasteiger partial charge on any atom is 0.315 e. The fraction of sp³-hybridized carbons (Fsp3) is 0.533. The lowest BCUT2D eigenvalue weighted by atomic mass is 9.95. The minimum Gasteiger partial charge on any atom is -0.395 e. The molecule has 0 saturated carbocycles. The van der Waals surface area contributed by atoms with Crippen LogP contribution < -0.4 is 10.6 Å². The van der Waals surface area contributed by atoms with Crippen molar-refractivity contribution in [3.8, 4) is 0 Å². The molecule has 4 heteroatoms. The molecule has 1 aromatic rings. The van der Waals surface area contributed by atoms with Gasteiger partial charge < -0.3 is 15.7 Å². The van der Waals surface area contributed by atoms with Gasteiger partial charge in [0.05, 0.1) is 12.6 Å². The van der Waals surface area contributed by atoms with Gasteiger partial charge in [-0.15, -0.1) is 0 Å². The number of rotatable bonds is 6. The molecule has 1 aromatic carbocycles. The summed E-state index contributed by atoms with van der Waals surface area (Å²) in [5.41, 5.74) is 2.39. The van der Waals surface area contributed by atoms with Crippen LogP contribution >= 0.6 is 0 Å². The average Bonchev–Trinajstić information content (AvgIpc) is 2.42. The number of amides is 2. The number of nitrogens with one attached hydrogen (secondary N) is 2. The van der Waals surface area contributed by atoms with E-state index >= 15 is 0 Å². The van der Waals surface area contributed by atoms with Gasteiger partial charge in [-0.25, -0.2) is 4.79 Å². The molecule has 0 spiro atoms. The second kappa shape index (κ2) is 7.79. The first-order valence-electron chi connectivity index (χ1n) is 6.82. The fourth-order valence-corrected chi connectivity index (χ4v) is 1.96. The van der Waals surface area contributed by atoms with E-state index in [0.29, 0.717) is 5.92 Å². The zero-order chi connectivity index (χ0) is 14.3. The lowest BCUT2D eigenvalue weighted by molar-refractivity contribution is 0.227. The molecule has 1 atom stereocenters. The first kappa shape index (κ1) is 15.5. The van der Waals surface area contributed by atoms with E-state index in [1.54, 1.807) is 0 Å². The summed E-state index contributed by atoms with van der Waals surface area (Å²) >= 11 is 0. The molecule has 0 heterocycles. The third kappa shape index (κ3) is 4.91. The molecule has 106 valence electrons. The van der Waals surface area contributed by atoms with E-state index in [4.69, 9.17) is 5.11 Å². The van der Waals surface area contributed by atoms with Gasteiger partial charge in [-0.3, -0.25) is 0 Å². The number of urea groups is 1. The number of aliphatic hydroxyl groups is 1. The van der Waals surface area contributed by atoms with E-state index in [2.05, 4.69) is 55.7 Å². The number of hydrogen-bond donors (Lipinski definition) is 3. The van der Waals surface area contributed by atoms with Gasteiger partial charge in [0.25, 0.3) is 0 Å². The maximum absolute atomic E-state index is 11.7. The van der Waals surface area contributed by atoms with Gasteiger partial charge in [0.15, 0.2) is 0 Å². The number of aliphatic hydroxyl groups excluding tert-OH is 1. The van der Waals surface area contributed by atoms with Crippen molar-refractivity contribution in [1.82, 2.24) is 10.6 Å². The summed E-state index contributed by atoms with van der Waals surface area (Å²) in [4.78, 5) is 11.7. The molecule has 1 rings (SSSR count). The van der Waals surface area contributed by atoms with Crippen molar-refractivity contribution in [3.05, 3.63) is 35.4 Å². The van der Waals surface area contributed by atoms with E-state index in [1.807, 2.05) is 0 Å². The number of benzene rings is 1. The SMILES string of the molecule is CCc1ccc(C(NC(=O)NCCO)C(C)C)cc1. The molecule has 2 amide bonds. The second-order valence-corrected chi connectivity index (χ2v) is 4.94. The Balaban J connectivity index is 2.73. The molecule has 0 aliphatic heterocycles. The molecule has 3 N–H and O–H groups in total. The predicted octanol–water partition coefficient (Wildman–Crippen LogP) is 2.24. The van der Waals surface area contributed by atoms with Crippen molar-refractivity contribution in [2.24, 2.45) is 5.92 Å². The Hall–Kier alpha value is -1.55. The fourth-order valence-electron chi connectivity index (χ4n) is 1.96. The van der Waals surface area contributed by atoms with Crippen LogP contribution in [0.5, 0.6) is 0 Å². The Kier molecular flexibility index (Phi) is 6.36. The molecule has 0 saturated heterocycles. The smallest absolute Gasteiger partial charge is 0.315 e. The summed E-state index contributed by atoms with van der Waals surface area (Å²) in [6, 6.07) is 8.05. The lowest BCUT2D eigenvalue weighted by Crippen LogP contribution is -2.40. The van der Waals surface area contributed by atoms with E-state index in [0.717, 1.165) is 12.0 Å². The first-order valence-corrected chi connectivity index (χ1v) is 6.82. The lowest BCUT2D eigenvalue weighted by Gasteiger charge is -2.23. The van der Waals surface area contributed by atoms with Crippen LogP contribution in [-0.4, -0.2) is 24.3 Å². The number of hydrogen-bond acceptors (Lipinski definition) is 2. The molecule has 0 radical (unpaired) electrons. The summed E-state index contributed by atoms with van der Waals surface area (Å²) in [7, 11) is 0. The monoisotopic (exact) mass is 264 g/mol. The molecule has 0 aliphatic rings. The van der Waals surface area contributed by atoms with Gasteiger partial charge in [0, 0.05) is 6.54 Å². The summed E-state index contributed by atoms with van der Waals surface area (Å²) in [6.07, 6.45) is 1.01. The average molecular weight is 264 g/mol. The van der Waals surface area contributed by atoms with Gasteiger partial charge >= 0.3 is 6.03 Å². The molecule has 0 bridgehead atoms. The van der Waals surface area contributed by atoms with E-state index in [1.165, 1.54) is 5.56 Å². The number of aryl methyl sites for hydroxylation is 1. The van der Waals surface area contributed by atoms with E-state index < -0.39 is 0 Å². The molecule has 0 aromatic heterocycles. The van der Waals surface area contributed by atoms with Crippen LogP contribution in [0.3, 0.4) is 0 Å². The minimum atomic E-state index is -0.243. The zero-order valence-corrected chi connectivity index (χ0v) is 11.9. The van der Waals surface area contributed by atoms with Crippen LogP contribution in [0.4, 0.5) is 4.79 Å². The third-order valence-electron chi connectivity index (χ3n) is 3.10. The van der Waals surface area contributed by atoms with Gasteiger partial charge in [-0.05, 0) is 23.5 Å². The summed E-state index contributed by atoms with van der Waals surface area (Å²) in [5.74, 6) is 0.298. The van der Waals surface area contributed by atoms with Crippen molar-refractivity contribution < 1.29 is 9.90 Å². The van der Waals surface area contributed by atoms with Gasteiger partial charge in [-0.1, -0.05) is 45.0 Å². The maximum atomic E-state index is 11.7. The Morgan fingerprint density at radius 3 is 2.37 bits per heavy atom. The zero-order valence-electron chi connectivity index (χ0n) is 11.9. The minimum absolute atomic E-state index is 0.0235. The van der Waals surface area contributed by atoms with Gasteiger partial charge in [0.1, 0.15) is 0 Å². The number of carbonyl (C=O) groups is 1. The van der Waals surface area contributed by atoms with Gasteiger partial charge in [0.2, 0.25) is 0 Å². The third-order valence-corrected chi connectivity index (χ3v) is 3.10. The molecule has 19 heavy (non-hydrogen) atoms. The predicted molar refractivity (Wildman–Crippen MR) is 77.0 cm³/mol. The van der Waals surface area contributed by atoms with Crippen molar-refractivity contribution in [1.29, 1.82) is 0 Å². The highest BCUT2D eigenvalue weighted by Gasteiger charge is 2.17. The van der Waals surface area contributed by atoms with Crippen molar-refractivity contribution >= 4 is 6.03 Å². The Labute approximate surface area is 115 Å². The van der Waals surface area contributed by atoms with Crippen LogP contribution in [0.2, 0.25) is 0 Å². The Bertz CT molecular complexity index is 388. The van der Waals surface area contributed by atoms with E-state index in [9.17, 15) is 4.79 Å². The van der Waals surface area contributed by atoms with Crippen LogP contribution in [-0.2, 0) is 6.42 Å². The first-order chi connectivity index (χ1) is 9.08. The van der Waals surface area contributed by atoms with Crippen molar-refractivity contribution in [2.75, 3.05) is 13.2 Å². The van der Waals surface area contributed by atoms with Crippen LogP contribution in [0, 0.1) is 5.92 Å². The topological polar surface area (TPSA) is 61.4 Å². The normalized spacial score (nSPS) is 12.3. The molecule has 0 aliphatic carbocycles. The largest absolute Gasteiger partial charge is 0.395 e. The van der Waals surface area contributed by atoms with Crippen molar-refractivity contribution in [2.45, 2.75) is 33.2 Å². The van der Waals surface area contributed by atoms with Gasteiger partial charge in [-0.2, -0.15) is 0 Å². The second-order valence-electron chi connectivity index (χ2n) is 4.94. The molecular formula is C15H24N2O2. The van der Waals surface area contributed by atoms with Crippen LogP contribution in [0.25, 0.3) is 0 Å². The standard InChI is InChI=1S/C15H24N2O2/c1-4-12-5-7-13(8-6-12)14(11(2)3)17-15(19)16-9-10-18/h5-8,11,14,18H,4,9-10H2,1-3H3,(H2,16,17,19). The van der Waals surface area contributed by atoms with Crippen LogP contribution in [0.1, 0.15) is 37.9 Å². The highest BCUT2D eigenvalue weighted by Crippen LogP contribution is 2.22. The van der Waals surface area contributed by atoms with E-state index in [-0.39, 0.29) is 25.2 Å². The highest BCUT2D eigenvalue weighted by molar-refractivity contribution is 5.74. The molecule has 4 nitrogen and oxygen atoms in total. The summed E-state index contributed by atoms with van der Waals surface area (Å²) < 4.78 is 0. The Morgan fingerprint density at radius 1 is 1.26 bits per heavy atom. The van der Waals surface area contributed by atoms with Crippen LogP contribution in [0.15, 0.2) is 24.3 Å². The molecule has 1 unspecified atom stereocenters.